The van der Waals surface area contributed by atoms with Crippen LogP contribution in [0.15, 0.2) is 45.7 Å². The number of benzene rings is 2. The van der Waals surface area contributed by atoms with Crippen molar-refractivity contribution < 1.29 is 17.9 Å². The van der Waals surface area contributed by atoms with E-state index in [9.17, 15) is 17.9 Å². The van der Waals surface area contributed by atoms with E-state index in [1.807, 2.05) is 0 Å². The first kappa shape index (κ1) is 13.8. The zero-order valence-corrected chi connectivity index (χ0v) is 11.9. The van der Waals surface area contributed by atoms with Gasteiger partial charge in [0, 0.05) is 16.1 Å². The lowest BCUT2D eigenvalue weighted by molar-refractivity contribution is 0.545. The molecule has 0 saturated carbocycles. The number of rotatable bonds is 1. The number of hydrogen-bond acceptors (Lipinski definition) is 3. The Hall–Kier alpha value is -2.12. The Balaban J connectivity index is 2.36. The summed E-state index contributed by atoms with van der Waals surface area (Å²) in [6, 6.07) is 7.80. The third kappa shape index (κ3) is 2.34. The molecule has 1 aliphatic rings. The highest BCUT2D eigenvalue weighted by molar-refractivity contribution is 7.90. The summed E-state index contributed by atoms with van der Waals surface area (Å²) in [4.78, 5) is -0.352. The van der Waals surface area contributed by atoms with Crippen LogP contribution in [-0.2, 0) is 10.0 Å². The molecule has 0 saturated heterocycles. The summed E-state index contributed by atoms with van der Waals surface area (Å²) in [6.07, 6.45) is 0. The molecular weight excluding hydrogens is 319 g/mol. The molecule has 0 unspecified atom stereocenters. The molecule has 0 bridgehead atoms. The van der Waals surface area contributed by atoms with E-state index >= 15 is 0 Å². The summed E-state index contributed by atoms with van der Waals surface area (Å²) in [5.74, 6) is -0.745. The van der Waals surface area contributed by atoms with E-state index in [-0.39, 0.29) is 16.1 Å². The van der Waals surface area contributed by atoms with Gasteiger partial charge in [0.2, 0.25) is 0 Å². The minimum Gasteiger partial charge on any atom is -0.480 e. The van der Waals surface area contributed by atoms with Crippen molar-refractivity contribution in [3.63, 3.8) is 0 Å². The summed E-state index contributed by atoms with van der Waals surface area (Å²) in [6.45, 7) is 0. The molecule has 0 fully saturated rings. The molecule has 2 N–H and O–H groups in total. The number of aliphatic hydroxyl groups is 1. The molecule has 1 heterocycles. The van der Waals surface area contributed by atoms with E-state index in [1.165, 1.54) is 0 Å². The van der Waals surface area contributed by atoms with Gasteiger partial charge in [0.25, 0.3) is 10.0 Å². The van der Waals surface area contributed by atoms with Crippen molar-refractivity contribution >= 4 is 33.3 Å². The first-order valence-corrected chi connectivity index (χ1v) is 7.60. The molecular formula is C13H8ClFN2O3S. The molecule has 0 aliphatic carbocycles. The van der Waals surface area contributed by atoms with E-state index in [2.05, 4.69) is 9.71 Å². The zero-order chi connectivity index (χ0) is 15.2. The van der Waals surface area contributed by atoms with Crippen molar-refractivity contribution in [1.82, 2.24) is 0 Å². The topological polar surface area (TPSA) is 78.8 Å². The lowest BCUT2D eigenvalue weighted by Crippen LogP contribution is -2.21. The van der Waals surface area contributed by atoms with Gasteiger partial charge in [0.15, 0.2) is 0 Å². The van der Waals surface area contributed by atoms with Crippen molar-refractivity contribution in [3.8, 4) is 11.1 Å². The Labute approximate surface area is 124 Å². The van der Waals surface area contributed by atoms with Crippen LogP contribution < -0.4 is 5.32 Å². The Morgan fingerprint density at radius 2 is 1.90 bits per heavy atom. The predicted molar refractivity (Wildman–Crippen MR) is 77.7 cm³/mol. The van der Waals surface area contributed by atoms with Gasteiger partial charge in [-0.3, -0.25) is 0 Å². The maximum atomic E-state index is 13.8. The predicted octanol–water partition coefficient (Wildman–Crippen LogP) is 3.17. The van der Waals surface area contributed by atoms with Gasteiger partial charge in [-0.2, -0.15) is 8.42 Å². The maximum Gasteiger partial charge on any atom is 0.302 e. The quantitative estimate of drug-likeness (QED) is 0.843. The molecule has 21 heavy (non-hydrogen) atoms. The molecule has 0 radical (unpaired) electrons. The minimum absolute atomic E-state index is 0.0389. The highest BCUT2D eigenvalue weighted by atomic mass is 35.5. The lowest BCUT2D eigenvalue weighted by Gasteiger charge is -2.19. The van der Waals surface area contributed by atoms with E-state index in [0.717, 1.165) is 12.1 Å². The maximum absolute atomic E-state index is 13.8. The van der Waals surface area contributed by atoms with Gasteiger partial charge in [-0.15, -0.1) is 4.40 Å². The van der Waals surface area contributed by atoms with Gasteiger partial charge in [-0.25, -0.2) is 4.39 Å². The molecule has 0 aromatic heterocycles. The Kier molecular flexibility index (Phi) is 3.11. The zero-order valence-electron chi connectivity index (χ0n) is 10.3. The molecule has 3 rings (SSSR count). The average molecular weight is 327 g/mol. The number of hydrogen-bond donors (Lipinski definition) is 2. The first-order chi connectivity index (χ1) is 9.88. The van der Waals surface area contributed by atoms with Crippen molar-refractivity contribution in [2.45, 2.75) is 4.90 Å². The largest absolute Gasteiger partial charge is 0.480 e. The third-order valence-corrected chi connectivity index (χ3v) is 4.57. The summed E-state index contributed by atoms with van der Waals surface area (Å²) in [5, 5.41) is 12.2. The standard InChI is InChI=1S/C13H8ClFN2O3S/c14-10-4-2-1-3-8(10)9-5-7(15)6-11-12(9)16-13(18)17-21(11,19)20/h1-6H,(H2,16,17,18). The summed E-state index contributed by atoms with van der Waals surface area (Å²) in [7, 11) is -4.16. The third-order valence-electron chi connectivity index (χ3n) is 2.95. The van der Waals surface area contributed by atoms with Gasteiger partial charge < -0.3 is 10.4 Å². The molecule has 0 amide bonds. The van der Waals surface area contributed by atoms with E-state index in [0.29, 0.717) is 10.6 Å². The van der Waals surface area contributed by atoms with Crippen LogP contribution in [0.3, 0.4) is 0 Å². The molecule has 108 valence electrons. The molecule has 0 atom stereocenters. The second kappa shape index (κ2) is 4.71. The second-order valence-electron chi connectivity index (χ2n) is 4.32. The fourth-order valence-electron chi connectivity index (χ4n) is 2.10. The summed E-state index contributed by atoms with van der Waals surface area (Å²) < 4.78 is 40.7. The SMILES string of the molecule is O=S1(=O)N=C(O)Nc2c(-c3ccccc3Cl)cc(F)cc21. The fraction of sp³-hybridized carbons (Fsp3) is 0. The van der Waals surface area contributed by atoms with Gasteiger partial charge in [-0.1, -0.05) is 29.8 Å². The molecule has 2 aromatic carbocycles. The lowest BCUT2D eigenvalue weighted by atomic mass is 10.0. The van der Waals surface area contributed by atoms with E-state index in [1.54, 1.807) is 24.3 Å². The smallest absolute Gasteiger partial charge is 0.302 e. The number of nitrogens with one attached hydrogen (secondary N) is 1. The Morgan fingerprint density at radius 1 is 1.19 bits per heavy atom. The Bertz CT molecular complexity index is 881. The summed E-state index contributed by atoms with van der Waals surface area (Å²) >= 11 is 6.07. The van der Waals surface area contributed by atoms with Crippen LogP contribution in [-0.4, -0.2) is 19.5 Å². The van der Waals surface area contributed by atoms with Gasteiger partial charge in [-0.05, 0) is 18.2 Å². The molecule has 1 aliphatic heterocycles. The fourth-order valence-corrected chi connectivity index (χ4v) is 3.39. The molecule has 0 spiro atoms. The van der Waals surface area contributed by atoms with Crippen LogP contribution in [0.4, 0.5) is 10.1 Å². The van der Waals surface area contributed by atoms with Gasteiger partial charge >= 0.3 is 6.02 Å². The average Bonchev–Trinajstić information content (AvgIpc) is 2.39. The van der Waals surface area contributed by atoms with Crippen molar-refractivity contribution in [2.75, 3.05) is 5.32 Å². The number of halogens is 2. The van der Waals surface area contributed by atoms with E-state index in [4.69, 9.17) is 11.6 Å². The molecule has 5 nitrogen and oxygen atoms in total. The van der Waals surface area contributed by atoms with Gasteiger partial charge in [0.1, 0.15) is 10.7 Å². The van der Waals surface area contributed by atoms with Crippen LogP contribution >= 0.6 is 11.6 Å². The second-order valence-corrected chi connectivity index (χ2v) is 6.30. The Morgan fingerprint density at radius 3 is 2.62 bits per heavy atom. The molecule has 2 aromatic rings. The normalized spacial score (nSPS) is 15.8. The van der Waals surface area contributed by atoms with Crippen LogP contribution in [0.5, 0.6) is 0 Å². The number of fused-ring (bicyclic) bond motifs is 1. The van der Waals surface area contributed by atoms with E-state index < -0.39 is 21.9 Å². The summed E-state index contributed by atoms with van der Waals surface area (Å²) in [5.41, 5.74) is 0.699. The van der Waals surface area contributed by atoms with Crippen LogP contribution in [0.2, 0.25) is 5.02 Å². The highest BCUT2D eigenvalue weighted by Crippen LogP contribution is 2.39. The number of aliphatic hydroxyl groups excluding tert-OH is 1. The van der Waals surface area contributed by atoms with Crippen molar-refractivity contribution in [1.29, 1.82) is 0 Å². The van der Waals surface area contributed by atoms with Crippen LogP contribution in [0.25, 0.3) is 11.1 Å². The van der Waals surface area contributed by atoms with Gasteiger partial charge in [0.05, 0.1) is 5.69 Å². The molecule has 8 heteroatoms. The first-order valence-electron chi connectivity index (χ1n) is 5.78. The van der Waals surface area contributed by atoms with Crippen molar-refractivity contribution in [3.05, 3.63) is 47.2 Å². The van der Waals surface area contributed by atoms with Crippen LogP contribution in [0, 0.1) is 5.82 Å². The van der Waals surface area contributed by atoms with Crippen molar-refractivity contribution in [2.24, 2.45) is 4.40 Å². The monoisotopic (exact) mass is 326 g/mol. The van der Waals surface area contributed by atoms with Crippen LogP contribution in [0.1, 0.15) is 0 Å². The number of amidine groups is 1. The number of anilines is 1. The number of sulfonamides is 1. The minimum atomic E-state index is -4.16. The number of nitrogens with zero attached hydrogens (tertiary/aromatic N) is 1. The highest BCUT2D eigenvalue weighted by Gasteiger charge is 2.29.